The first-order valence-electron chi connectivity index (χ1n) is 9.82. The maximum absolute atomic E-state index is 12.9. The van der Waals surface area contributed by atoms with Crippen molar-refractivity contribution in [2.45, 2.75) is 19.4 Å². The van der Waals surface area contributed by atoms with E-state index in [9.17, 15) is 9.59 Å². The summed E-state index contributed by atoms with van der Waals surface area (Å²) in [4.78, 5) is 30.0. The molecule has 0 saturated carbocycles. The van der Waals surface area contributed by atoms with Gasteiger partial charge in [0.05, 0.1) is 29.4 Å². The first-order valence-corrected chi connectivity index (χ1v) is 11.6. The number of hydrogen-bond acceptors (Lipinski definition) is 5. The summed E-state index contributed by atoms with van der Waals surface area (Å²) in [5.41, 5.74) is 3.70. The summed E-state index contributed by atoms with van der Waals surface area (Å²) in [6.45, 7) is 1.93. The van der Waals surface area contributed by atoms with Gasteiger partial charge in [-0.2, -0.15) is 11.3 Å². The van der Waals surface area contributed by atoms with Crippen LogP contribution in [0.25, 0.3) is 10.6 Å². The van der Waals surface area contributed by atoms with Crippen molar-refractivity contribution in [2.75, 3.05) is 5.32 Å². The summed E-state index contributed by atoms with van der Waals surface area (Å²) in [6, 6.07) is 18.6. The van der Waals surface area contributed by atoms with Crippen molar-refractivity contribution in [3.63, 3.8) is 0 Å². The molecule has 0 bridgehead atoms. The number of nitrogens with one attached hydrogen (secondary N) is 2. The molecule has 0 aliphatic heterocycles. The Balaban J connectivity index is 1.42. The van der Waals surface area contributed by atoms with Gasteiger partial charge < -0.3 is 10.6 Å². The number of aromatic nitrogens is 1. The second-order valence-electron chi connectivity index (χ2n) is 7.03. The maximum Gasteiger partial charge on any atom is 0.253 e. The Labute approximate surface area is 188 Å². The fraction of sp³-hybridized carbons (Fsp3) is 0.125. The topological polar surface area (TPSA) is 71.1 Å². The standard InChI is InChI=1S/C24H21N3O2S2/c1-16(17-7-3-2-4-8-17)25-23(29)20-9-5-6-10-21(20)27-22(28)13-19-15-31-24(26-19)18-11-12-30-14-18/h2-12,14-16H,13H2,1H3,(H,25,29)(H,27,28). The van der Waals surface area contributed by atoms with Gasteiger partial charge in [-0.3, -0.25) is 9.59 Å². The monoisotopic (exact) mass is 447 g/mol. The third-order valence-corrected chi connectivity index (χ3v) is 6.38. The highest BCUT2D eigenvalue weighted by atomic mass is 32.1. The number of hydrogen-bond donors (Lipinski definition) is 2. The Morgan fingerprint density at radius 3 is 2.55 bits per heavy atom. The highest BCUT2D eigenvalue weighted by molar-refractivity contribution is 7.14. The molecule has 156 valence electrons. The lowest BCUT2D eigenvalue weighted by Gasteiger charge is -2.16. The number of thiophene rings is 1. The number of thiazole rings is 1. The number of carbonyl (C=O) groups excluding carboxylic acids is 2. The van der Waals surface area contributed by atoms with E-state index in [-0.39, 0.29) is 24.3 Å². The van der Waals surface area contributed by atoms with E-state index in [1.165, 1.54) is 11.3 Å². The molecule has 0 aliphatic carbocycles. The minimum absolute atomic E-state index is 0.150. The van der Waals surface area contributed by atoms with E-state index in [0.717, 1.165) is 16.1 Å². The van der Waals surface area contributed by atoms with E-state index in [4.69, 9.17) is 0 Å². The number of rotatable bonds is 7. The highest BCUT2D eigenvalue weighted by Gasteiger charge is 2.17. The molecule has 0 radical (unpaired) electrons. The number of para-hydroxylation sites is 1. The molecule has 4 rings (SSSR count). The predicted molar refractivity (Wildman–Crippen MR) is 127 cm³/mol. The minimum atomic E-state index is -0.236. The van der Waals surface area contributed by atoms with Crippen molar-refractivity contribution in [3.05, 3.63) is 93.6 Å². The molecule has 2 heterocycles. The summed E-state index contributed by atoms with van der Waals surface area (Å²) in [5.74, 6) is -0.445. The molecule has 1 atom stereocenters. The Bertz CT molecular complexity index is 1170. The van der Waals surface area contributed by atoms with Crippen LogP contribution in [0, 0.1) is 0 Å². The van der Waals surface area contributed by atoms with Crippen LogP contribution in [0.3, 0.4) is 0 Å². The Morgan fingerprint density at radius 2 is 1.77 bits per heavy atom. The lowest BCUT2D eigenvalue weighted by atomic mass is 10.1. The van der Waals surface area contributed by atoms with Crippen molar-refractivity contribution < 1.29 is 9.59 Å². The molecule has 4 aromatic rings. The van der Waals surface area contributed by atoms with Gasteiger partial charge in [0.25, 0.3) is 5.91 Å². The van der Waals surface area contributed by atoms with Crippen LogP contribution in [0.15, 0.2) is 76.8 Å². The maximum atomic E-state index is 12.9. The zero-order valence-corrected chi connectivity index (χ0v) is 18.5. The van der Waals surface area contributed by atoms with E-state index in [1.54, 1.807) is 35.6 Å². The molecule has 0 fully saturated rings. The summed E-state index contributed by atoms with van der Waals surface area (Å²) in [6.07, 6.45) is 0.150. The van der Waals surface area contributed by atoms with Gasteiger partial charge in [-0.1, -0.05) is 42.5 Å². The van der Waals surface area contributed by atoms with E-state index < -0.39 is 0 Å². The van der Waals surface area contributed by atoms with Crippen molar-refractivity contribution in [3.8, 4) is 10.6 Å². The van der Waals surface area contributed by atoms with Crippen LogP contribution in [-0.4, -0.2) is 16.8 Å². The zero-order valence-electron chi connectivity index (χ0n) is 16.9. The average molecular weight is 448 g/mol. The number of carbonyl (C=O) groups is 2. The summed E-state index contributed by atoms with van der Waals surface area (Å²) < 4.78 is 0. The van der Waals surface area contributed by atoms with Crippen LogP contribution in [-0.2, 0) is 11.2 Å². The van der Waals surface area contributed by atoms with Gasteiger partial charge in [0, 0.05) is 16.3 Å². The van der Waals surface area contributed by atoms with Crippen LogP contribution in [0.2, 0.25) is 0 Å². The van der Waals surface area contributed by atoms with Gasteiger partial charge in [-0.15, -0.1) is 11.3 Å². The van der Waals surface area contributed by atoms with Gasteiger partial charge in [0.15, 0.2) is 0 Å². The minimum Gasteiger partial charge on any atom is -0.345 e. The third kappa shape index (κ3) is 5.25. The van der Waals surface area contributed by atoms with Crippen LogP contribution in [0.5, 0.6) is 0 Å². The second-order valence-corrected chi connectivity index (χ2v) is 8.67. The van der Waals surface area contributed by atoms with Crippen molar-refractivity contribution in [2.24, 2.45) is 0 Å². The van der Waals surface area contributed by atoms with Crippen molar-refractivity contribution in [1.29, 1.82) is 0 Å². The fourth-order valence-corrected chi connectivity index (χ4v) is 4.69. The van der Waals surface area contributed by atoms with Gasteiger partial charge in [-0.25, -0.2) is 4.98 Å². The fourth-order valence-electron chi connectivity index (χ4n) is 3.16. The summed E-state index contributed by atoms with van der Waals surface area (Å²) in [7, 11) is 0. The molecule has 2 amide bonds. The van der Waals surface area contributed by atoms with Gasteiger partial charge >= 0.3 is 0 Å². The molecule has 31 heavy (non-hydrogen) atoms. The molecule has 7 heteroatoms. The van der Waals surface area contributed by atoms with E-state index in [1.807, 2.05) is 59.5 Å². The molecule has 2 aromatic heterocycles. The quantitative estimate of drug-likeness (QED) is 0.390. The van der Waals surface area contributed by atoms with Crippen molar-refractivity contribution in [1.82, 2.24) is 10.3 Å². The van der Waals surface area contributed by atoms with Crippen LogP contribution >= 0.6 is 22.7 Å². The average Bonchev–Trinajstić information content (AvgIpc) is 3.46. The first-order chi connectivity index (χ1) is 15.1. The summed E-state index contributed by atoms with van der Waals surface area (Å²) >= 11 is 3.14. The molecule has 5 nitrogen and oxygen atoms in total. The molecule has 2 N–H and O–H groups in total. The molecular weight excluding hydrogens is 426 g/mol. The molecule has 0 saturated heterocycles. The van der Waals surface area contributed by atoms with Crippen LogP contribution in [0.1, 0.15) is 34.6 Å². The Hall–Kier alpha value is -3.29. The smallest absolute Gasteiger partial charge is 0.253 e. The number of nitrogens with zero attached hydrogens (tertiary/aromatic N) is 1. The molecule has 0 spiro atoms. The number of benzene rings is 2. The predicted octanol–water partition coefficient (Wildman–Crippen LogP) is 5.54. The molecule has 1 unspecified atom stereocenters. The van der Waals surface area contributed by atoms with Crippen LogP contribution in [0.4, 0.5) is 5.69 Å². The molecule has 2 aromatic carbocycles. The molecule has 0 aliphatic rings. The van der Waals surface area contributed by atoms with E-state index >= 15 is 0 Å². The SMILES string of the molecule is CC(NC(=O)c1ccccc1NC(=O)Cc1csc(-c2ccsc2)n1)c1ccccc1. The Morgan fingerprint density at radius 1 is 1.00 bits per heavy atom. The van der Waals surface area contributed by atoms with Crippen LogP contribution < -0.4 is 10.6 Å². The number of amides is 2. The lowest BCUT2D eigenvalue weighted by molar-refractivity contribution is -0.115. The van der Waals surface area contributed by atoms with Gasteiger partial charge in [-0.05, 0) is 36.1 Å². The van der Waals surface area contributed by atoms with E-state index in [2.05, 4.69) is 15.6 Å². The largest absolute Gasteiger partial charge is 0.345 e. The zero-order chi connectivity index (χ0) is 21.6. The van der Waals surface area contributed by atoms with Gasteiger partial charge in [0.2, 0.25) is 5.91 Å². The lowest BCUT2D eigenvalue weighted by Crippen LogP contribution is -2.28. The normalized spacial score (nSPS) is 11.6. The summed E-state index contributed by atoms with van der Waals surface area (Å²) in [5, 5.41) is 12.7. The van der Waals surface area contributed by atoms with E-state index in [0.29, 0.717) is 16.9 Å². The third-order valence-electron chi connectivity index (χ3n) is 4.75. The second kappa shape index (κ2) is 9.68. The molecular formula is C24H21N3O2S2. The van der Waals surface area contributed by atoms with Crippen molar-refractivity contribution >= 4 is 40.2 Å². The van der Waals surface area contributed by atoms with Gasteiger partial charge in [0.1, 0.15) is 5.01 Å². The Kier molecular flexibility index (Phi) is 6.54. The highest BCUT2D eigenvalue weighted by Crippen LogP contribution is 2.26. The first kappa shape index (κ1) is 21.0. The number of anilines is 1.